The molecule has 0 aliphatic heterocycles. The summed E-state index contributed by atoms with van der Waals surface area (Å²) in [5.74, 6) is 0.480. The molecule has 1 atom stereocenters. The number of methoxy groups -OCH3 is 1. The molecular weight excluding hydrogens is 456 g/mol. The van der Waals surface area contributed by atoms with E-state index in [0.717, 1.165) is 58.5 Å². The Morgan fingerprint density at radius 1 is 1.06 bits per heavy atom. The van der Waals surface area contributed by atoms with Gasteiger partial charge < -0.3 is 10.1 Å². The Kier molecular flexibility index (Phi) is 7.91. The van der Waals surface area contributed by atoms with Crippen LogP contribution in [0.15, 0.2) is 53.9 Å². The summed E-state index contributed by atoms with van der Waals surface area (Å²) in [4.78, 5) is 30.7. The van der Waals surface area contributed by atoms with E-state index in [0.29, 0.717) is 5.75 Å². The number of ether oxygens (including phenoxy) is 1. The number of carbonyl (C=O) groups excluding carboxylic acids is 2. The predicted octanol–water partition coefficient (Wildman–Crippen LogP) is 6.06. The lowest BCUT2D eigenvalue weighted by Gasteiger charge is -2.34. The lowest BCUT2D eigenvalue weighted by molar-refractivity contribution is -0.127. The van der Waals surface area contributed by atoms with E-state index in [1.807, 2.05) is 55.6 Å². The largest absolute Gasteiger partial charge is 0.497 e. The SMILES string of the molecule is COc1ccc([C@H](C(=O)NC2CCCC2)N(C(=O)Cc2cccs2)c2c(C)cc(C)cc2C)cc1. The molecule has 0 unspecified atom stereocenters. The molecule has 4 rings (SSSR count). The molecule has 1 aliphatic rings. The van der Waals surface area contributed by atoms with Gasteiger partial charge in [-0.15, -0.1) is 11.3 Å². The van der Waals surface area contributed by atoms with Crippen LogP contribution >= 0.6 is 11.3 Å². The molecule has 6 heteroatoms. The molecule has 1 saturated carbocycles. The number of aryl methyl sites for hydroxylation is 3. The van der Waals surface area contributed by atoms with Gasteiger partial charge >= 0.3 is 0 Å². The molecule has 1 aliphatic carbocycles. The number of carbonyl (C=O) groups is 2. The lowest BCUT2D eigenvalue weighted by Crippen LogP contribution is -2.47. The second kappa shape index (κ2) is 11.1. The molecule has 3 aromatic rings. The summed E-state index contributed by atoms with van der Waals surface area (Å²) in [6, 6.07) is 14.9. The molecule has 184 valence electrons. The smallest absolute Gasteiger partial charge is 0.248 e. The Bertz CT molecular complexity index is 1140. The highest BCUT2D eigenvalue weighted by atomic mass is 32.1. The van der Waals surface area contributed by atoms with Crippen LogP contribution in [0.25, 0.3) is 0 Å². The zero-order chi connectivity index (χ0) is 24.9. The van der Waals surface area contributed by atoms with Gasteiger partial charge in [-0.2, -0.15) is 0 Å². The van der Waals surface area contributed by atoms with Gasteiger partial charge in [-0.25, -0.2) is 0 Å². The van der Waals surface area contributed by atoms with Crippen LogP contribution in [0.2, 0.25) is 0 Å². The fourth-order valence-corrected chi connectivity index (χ4v) is 5.85. The third kappa shape index (κ3) is 5.76. The van der Waals surface area contributed by atoms with Gasteiger partial charge in [0.25, 0.3) is 0 Å². The standard InChI is InChI=1S/C29H34N2O3S/c1-19-16-20(2)27(21(3)17-19)31(26(32)18-25-10-7-15-35-25)28(22-11-13-24(34-4)14-12-22)29(33)30-23-8-5-6-9-23/h7,10-17,23,28H,5-6,8-9,18H2,1-4H3,(H,30,33)/t28-/m1/s1. The average Bonchev–Trinajstić information content (AvgIpc) is 3.52. The summed E-state index contributed by atoms with van der Waals surface area (Å²) >= 11 is 1.56. The maximum Gasteiger partial charge on any atom is 0.248 e. The monoisotopic (exact) mass is 490 g/mol. The van der Waals surface area contributed by atoms with Crippen molar-refractivity contribution < 1.29 is 14.3 Å². The van der Waals surface area contributed by atoms with Gasteiger partial charge in [0.1, 0.15) is 11.8 Å². The van der Waals surface area contributed by atoms with Crippen molar-refractivity contribution in [1.29, 1.82) is 0 Å². The van der Waals surface area contributed by atoms with E-state index in [1.165, 1.54) is 0 Å². The van der Waals surface area contributed by atoms with Crippen molar-refractivity contribution in [2.75, 3.05) is 12.0 Å². The zero-order valence-electron chi connectivity index (χ0n) is 21.0. The van der Waals surface area contributed by atoms with Crippen molar-refractivity contribution in [2.24, 2.45) is 0 Å². The van der Waals surface area contributed by atoms with Crippen LogP contribution in [0.3, 0.4) is 0 Å². The molecular formula is C29H34N2O3S. The first-order valence-corrected chi connectivity index (χ1v) is 13.1. The molecule has 2 amide bonds. The number of hydrogen-bond acceptors (Lipinski definition) is 4. The second-order valence-electron chi connectivity index (χ2n) is 9.43. The van der Waals surface area contributed by atoms with E-state index in [1.54, 1.807) is 23.3 Å². The van der Waals surface area contributed by atoms with Crippen molar-refractivity contribution in [3.8, 4) is 5.75 Å². The van der Waals surface area contributed by atoms with Crippen LogP contribution in [0, 0.1) is 20.8 Å². The first-order valence-electron chi connectivity index (χ1n) is 12.2. The van der Waals surface area contributed by atoms with E-state index in [2.05, 4.69) is 24.4 Å². The number of anilines is 1. The van der Waals surface area contributed by atoms with Gasteiger partial charge in [-0.3, -0.25) is 14.5 Å². The summed E-state index contributed by atoms with van der Waals surface area (Å²) in [7, 11) is 1.62. The highest BCUT2D eigenvalue weighted by Gasteiger charge is 2.35. The summed E-state index contributed by atoms with van der Waals surface area (Å²) in [6.45, 7) is 6.08. The van der Waals surface area contributed by atoms with E-state index in [4.69, 9.17) is 4.74 Å². The minimum atomic E-state index is -0.783. The first kappa shape index (κ1) is 25.0. The van der Waals surface area contributed by atoms with Crippen LogP contribution in [0.1, 0.15) is 58.9 Å². The van der Waals surface area contributed by atoms with Gasteiger partial charge in [0, 0.05) is 10.9 Å². The quantitative estimate of drug-likeness (QED) is 0.418. The third-order valence-corrected chi connectivity index (χ3v) is 7.57. The van der Waals surface area contributed by atoms with E-state index < -0.39 is 6.04 Å². The molecule has 0 saturated heterocycles. The van der Waals surface area contributed by atoms with Crippen LogP contribution < -0.4 is 15.0 Å². The van der Waals surface area contributed by atoms with Gasteiger partial charge in [0.15, 0.2) is 0 Å². The van der Waals surface area contributed by atoms with Gasteiger partial charge in [-0.05, 0) is 73.9 Å². The topological polar surface area (TPSA) is 58.6 Å². The number of amides is 2. The van der Waals surface area contributed by atoms with E-state index >= 15 is 0 Å². The minimum Gasteiger partial charge on any atom is -0.497 e. The zero-order valence-corrected chi connectivity index (χ0v) is 21.8. The number of nitrogens with zero attached hydrogens (tertiary/aromatic N) is 1. The van der Waals surface area contributed by atoms with Crippen molar-refractivity contribution >= 4 is 28.8 Å². The first-order chi connectivity index (χ1) is 16.9. The summed E-state index contributed by atoms with van der Waals surface area (Å²) in [6.07, 6.45) is 4.44. The van der Waals surface area contributed by atoms with Crippen LogP contribution in [0.5, 0.6) is 5.75 Å². The van der Waals surface area contributed by atoms with Gasteiger partial charge in [-0.1, -0.05) is 48.7 Å². The highest BCUT2D eigenvalue weighted by molar-refractivity contribution is 7.10. The maximum atomic E-state index is 14.0. The van der Waals surface area contributed by atoms with E-state index in [9.17, 15) is 9.59 Å². The van der Waals surface area contributed by atoms with Crippen LogP contribution in [0.4, 0.5) is 5.69 Å². The summed E-state index contributed by atoms with van der Waals surface area (Å²) in [5.41, 5.74) is 4.66. The molecule has 0 spiro atoms. The van der Waals surface area contributed by atoms with Crippen molar-refractivity contribution in [3.05, 3.63) is 81.0 Å². The third-order valence-electron chi connectivity index (χ3n) is 6.69. The molecule has 1 fully saturated rings. The van der Waals surface area contributed by atoms with Crippen molar-refractivity contribution in [1.82, 2.24) is 5.32 Å². The summed E-state index contributed by atoms with van der Waals surface area (Å²) in [5, 5.41) is 5.23. The number of hydrogen-bond donors (Lipinski definition) is 1. The van der Waals surface area contributed by atoms with Crippen LogP contribution in [-0.4, -0.2) is 25.0 Å². The average molecular weight is 491 g/mol. The highest BCUT2D eigenvalue weighted by Crippen LogP contribution is 2.36. The Hall–Kier alpha value is -3.12. The molecule has 2 aromatic carbocycles. The Labute approximate surface area is 212 Å². The minimum absolute atomic E-state index is 0.0927. The number of rotatable bonds is 8. The molecule has 1 N–H and O–H groups in total. The Morgan fingerprint density at radius 2 is 1.71 bits per heavy atom. The normalized spacial score (nSPS) is 14.5. The molecule has 0 bridgehead atoms. The molecule has 1 heterocycles. The predicted molar refractivity (Wildman–Crippen MR) is 142 cm³/mol. The maximum absolute atomic E-state index is 14.0. The van der Waals surface area contributed by atoms with Crippen LogP contribution in [-0.2, 0) is 16.0 Å². The molecule has 0 radical (unpaired) electrons. The van der Waals surface area contributed by atoms with Crippen molar-refractivity contribution in [3.63, 3.8) is 0 Å². The van der Waals surface area contributed by atoms with Crippen molar-refractivity contribution in [2.45, 2.75) is 65.0 Å². The van der Waals surface area contributed by atoms with E-state index in [-0.39, 0.29) is 24.3 Å². The van der Waals surface area contributed by atoms with Gasteiger partial charge in [0.05, 0.1) is 19.2 Å². The summed E-state index contributed by atoms with van der Waals surface area (Å²) < 4.78 is 5.35. The Morgan fingerprint density at radius 3 is 2.29 bits per heavy atom. The molecule has 5 nitrogen and oxygen atoms in total. The number of benzene rings is 2. The second-order valence-corrected chi connectivity index (χ2v) is 10.5. The molecule has 35 heavy (non-hydrogen) atoms. The fourth-order valence-electron chi connectivity index (χ4n) is 5.15. The molecule has 1 aromatic heterocycles. The Balaban J connectivity index is 1.83. The van der Waals surface area contributed by atoms with Gasteiger partial charge in [0.2, 0.25) is 11.8 Å². The number of thiophene rings is 1. The fraction of sp³-hybridized carbons (Fsp3) is 0.379. The lowest BCUT2D eigenvalue weighted by atomic mass is 9.97. The number of nitrogens with one attached hydrogen (secondary N) is 1.